The van der Waals surface area contributed by atoms with Gasteiger partial charge in [0, 0.05) is 49.6 Å². The van der Waals surface area contributed by atoms with Crippen LogP contribution in [-0.4, -0.2) is 78.7 Å². The van der Waals surface area contributed by atoms with Crippen molar-refractivity contribution in [3.05, 3.63) is 42.7 Å². The van der Waals surface area contributed by atoms with Gasteiger partial charge in [-0.15, -0.1) is 0 Å². The van der Waals surface area contributed by atoms with Crippen LogP contribution in [0.3, 0.4) is 0 Å². The van der Waals surface area contributed by atoms with Crippen molar-refractivity contribution in [2.24, 2.45) is 5.92 Å². The topological polar surface area (TPSA) is 112 Å². The zero-order valence-corrected chi connectivity index (χ0v) is 21.1. The van der Waals surface area contributed by atoms with E-state index in [1.54, 1.807) is 43.4 Å². The Morgan fingerprint density at radius 3 is 2.65 bits per heavy atom. The average molecular weight is 491 g/mol. The minimum atomic E-state index is -3.93. The molecule has 2 heterocycles. The fourth-order valence-electron chi connectivity index (χ4n) is 3.87. The molecule has 2 amide bonds. The van der Waals surface area contributed by atoms with Gasteiger partial charge in [0.05, 0.1) is 13.2 Å². The van der Waals surface area contributed by atoms with Gasteiger partial charge in [-0.3, -0.25) is 4.98 Å². The molecule has 0 radical (unpaired) electrons. The van der Waals surface area contributed by atoms with Gasteiger partial charge in [-0.1, -0.05) is 19.1 Å². The quantitative estimate of drug-likeness (QED) is 0.644. The van der Waals surface area contributed by atoms with Crippen molar-refractivity contribution in [3.63, 3.8) is 0 Å². The number of rotatable bonds is 6. The summed E-state index contributed by atoms with van der Waals surface area (Å²) in [6.45, 7) is 7.44. The number of nitrogens with one attached hydrogen (secondary N) is 1. The smallest absolute Gasteiger partial charge is 0.317 e. The molecule has 0 saturated carbocycles. The highest BCUT2D eigenvalue weighted by molar-refractivity contribution is 7.89. The Morgan fingerprint density at radius 1 is 1.29 bits per heavy atom. The molecule has 186 valence electrons. The van der Waals surface area contributed by atoms with Gasteiger partial charge < -0.3 is 20.1 Å². The third-order valence-corrected chi connectivity index (χ3v) is 7.89. The van der Waals surface area contributed by atoms with Crippen LogP contribution in [0.15, 0.2) is 47.6 Å². The van der Waals surface area contributed by atoms with Gasteiger partial charge in [0.2, 0.25) is 10.0 Å². The zero-order chi connectivity index (χ0) is 25.0. The monoisotopic (exact) mass is 490 g/mol. The maximum absolute atomic E-state index is 13.6. The fourth-order valence-corrected chi connectivity index (χ4v) is 5.69. The average Bonchev–Trinajstić information content (AvgIpc) is 2.80. The number of urea groups is 1. The first kappa shape index (κ1) is 25.9. The lowest BCUT2D eigenvalue weighted by Crippen LogP contribution is -2.51. The molecule has 1 aromatic carbocycles. The number of hydrogen-bond donors (Lipinski definition) is 2. The summed E-state index contributed by atoms with van der Waals surface area (Å²) in [7, 11) is -2.25. The molecule has 0 fully saturated rings. The van der Waals surface area contributed by atoms with Gasteiger partial charge in [0.1, 0.15) is 16.7 Å². The van der Waals surface area contributed by atoms with E-state index < -0.39 is 22.2 Å². The normalized spacial score (nSPS) is 21.0. The van der Waals surface area contributed by atoms with Crippen LogP contribution in [-0.2, 0) is 10.0 Å². The second-order valence-corrected chi connectivity index (χ2v) is 11.0. The summed E-state index contributed by atoms with van der Waals surface area (Å²) >= 11 is 0. The molecule has 2 aromatic rings. The summed E-state index contributed by atoms with van der Waals surface area (Å²) in [5.41, 5.74) is 1.59. The van der Waals surface area contributed by atoms with Crippen molar-refractivity contribution in [1.82, 2.24) is 19.5 Å². The molecule has 0 bridgehead atoms. The summed E-state index contributed by atoms with van der Waals surface area (Å²) in [5.74, 6) is -0.0426. The molecule has 34 heavy (non-hydrogen) atoms. The molecule has 3 atom stereocenters. The van der Waals surface area contributed by atoms with Gasteiger partial charge in [0.15, 0.2) is 0 Å². The van der Waals surface area contributed by atoms with E-state index in [1.807, 2.05) is 32.9 Å². The summed E-state index contributed by atoms with van der Waals surface area (Å²) < 4.78 is 34.8. The lowest BCUT2D eigenvalue weighted by Gasteiger charge is -2.37. The minimum absolute atomic E-state index is 0.0144. The van der Waals surface area contributed by atoms with Crippen LogP contribution in [0, 0.1) is 5.92 Å². The first-order chi connectivity index (χ1) is 16.0. The standard InChI is InChI=1S/C24H34N4O5S/c1-16(2)26-24(30)27(5)14-22-17(3)13-28(18(4)15-29)34(31,32)23-9-8-19(11-21(23)33-22)20-7-6-10-25-12-20/h6-12,16-18,22,29H,13-15H2,1-5H3,(H,26,30)/t17-,18-,22-/m1/s1. The first-order valence-corrected chi connectivity index (χ1v) is 12.8. The highest BCUT2D eigenvalue weighted by Crippen LogP contribution is 2.36. The van der Waals surface area contributed by atoms with E-state index in [9.17, 15) is 18.3 Å². The molecule has 2 N–H and O–H groups in total. The summed E-state index contributed by atoms with van der Waals surface area (Å²) in [4.78, 5) is 18.2. The van der Waals surface area contributed by atoms with Gasteiger partial charge in [-0.25, -0.2) is 13.2 Å². The van der Waals surface area contributed by atoms with Gasteiger partial charge in [-0.05, 0) is 44.5 Å². The number of sulfonamides is 1. The zero-order valence-electron chi connectivity index (χ0n) is 20.3. The number of amides is 2. The molecular formula is C24H34N4O5S. The van der Waals surface area contributed by atoms with E-state index in [2.05, 4.69) is 10.3 Å². The molecule has 3 rings (SSSR count). The predicted molar refractivity (Wildman–Crippen MR) is 130 cm³/mol. The van der Waals surface area contributed by atoms with Crippen molar-refractivity contribution >= 4 is 16.1 Å². The molecule has 1 aliphatic rings. The Kier molecular flexibility index (Phi) is 8.17. The third-order valence-electron chi connectivity index (χ3n) is 5.87. The molecular weight excluding hydrogens is 456 g/mol. The van der Waals surface area contributed by atoms with Crippen LogP contribution in [0.25, 0.3) is 11.1 Å². The predicted octanol–water partition coefficient (Wildman–Crippen LogP) is 2.57. The van der Waals surface area contributed by atoms with E-state index in [0.717, 1.165) is 11.1 Å². The summed E-state index contributed by atoms with van der Waals surface area (Å²) in [6.07, 6.45) is 2.89. The third kappa shape index (κ3) is 5.68. The Bertz CT molecular complexity index is 1090. The highest BCUT2D eigenvalue weighted by Gasteiger charge is 2.38. The number of likely N-dealkylation sites (N-methyl/N-ethyl adjacent to an activating group) is 1. The van der Waals surface area contributed by atoms with E-state index in [1.165, 1.54) is 10.4 Å². The maximum atomic E-state index is 13.6. The SMILES string of the molecule is CC(C)NC(=O)N(C)C[C@H]1Oc2cc(-c3cccnc3)ccc2S(=O)(=O)N([C@H](C)CO)C[C@H]1C. The van der Waals surface area contributed by atoms with Gasteiger partial charge in [0.25, 0.3) is 0 Å². The number of fused-ring (bicyclic) bond motifs is 1. The number of pyridine rings is 1. The Hall–Kier alpha value is -2.69. The second kappa shape index (κ2) is 10.7. The Balaban J connectivity index is 2.06. The maximum Gasteiger partial charge on any atom is 0.317 e. The van der Waals surface area contributed by atoms with Crippen LogP contribution in [0.5, 0.6) is 5.75 Å². The number of carbonyl (C=O) groups excluding carboxylic acids is 1. The van der Waals surface area contributed by atoms with Crippen molar-refractivity contribution in [3.8, 4) is 16.9 Å². The van der Waals surface area contributed by atoms with Gasteiger partial charge in [-0.2, -0.15) is 4.31 Å². The van der Waals surface area contributed by atoms with Crippen LogP contribution < -0.4 is 10.1 Å². The number of carbonyl (C=O) groups is 1. The molecule has 0 saturated heterocycles. The van der Waals surface area contributed by atoms with Crippen LogP contribution in [0.4, 0.5) is 4.79 Å². The molecule has 0 spiro atoms. The highest BCUT2D eigenvalue weighted by atomic mass is 32.2. The first-order valence-electron chi connectivity index (χ1n) is 11.4. The number of aliphatic hydroxyl groups excluding tert-OH is 1. The number of hydrogen-bond acceptors (Lipinski definition) is 6. The fraction of sp³-hybridized carbons (Fsp3) is 0.500. The Labute approximate surface area is 201 Å². The van der Waals surface area contributed by atoms with E-state index >= 15 is 0 Å². The lowest BCUT2D eigenvalue weighted by molar-refractivity contribution is 0.0810. The van der Waals surface area contributed by atoms with Crippen LogP contribution >= 0.6 is 0 Å². The van der Waals surface area contributed by atoms with E-state index in [4.69, 9.17) is 4.74 Å². The molecule has 1 aliphatic heterocycles. The van der Waals surface area contributed by atoms with Crippen molar-refractivity contribution in [2.75, 3.05) is 26.7 Å². The molecule has 1 aromatic heterocycles. The van der Waals surface area contributed by atoms with E-state index in [-0.39, 0.29) is 48.3 Å². The largest absolute Gasteiger partial charge is 0.487 e. The molecule has 9 nitrogen and oxygen atoms in total. The van der Waals surface area contributed by atoms with Crippen LogP contribution in [0.1, 0.15) is 27.7 Å². The van der Waals surface area contributed by atoms with Crippen molar-refractivity contribution < 1.29 is 23.1 Å². The van der Waals surface area contributed by atoms with Crippen molar-refractivity contribution in [1.29, 1.82) is 0 Å². The Morgan fingerprint density at radius 2 is 2.03 bits per heavy atom. The van der Waals surface area contributed by atoms with Crippen molar-refractivity contribution in [2.45, 2.75) is 50.8 Å². The molecule has 0 aliphatic carbocycles. The van der Waals surface area contributed by atoms with Gasteiger partial charge >= 0.3 is 6.03 Å². The minimum Gasteiger partial charge on any atom is -0.487 e. The van der Waals surface area contributed by atoms with Crippen LogP contribution in [0.2, 0.25) is 0 Å². The molecule has 0 unspecified atom stereocenters. The second-order valence-electron chi connectivity index (χ2n) is 9.13. The summed E-state index contributed by atoms with van der Waals surface area (Å²) in [6, 6.07) is 7.79. The number of benzene rings is 1. The summed E-state index contributed by atoms with van der Waals surface area (Å²) in [5, 5.41) is 12.6. The van der Waals surface area contributed by atoms with E-state index in [0.29, 0.717) is 0 Å². The molecule has 10 heteroatoms. The number of nitrogens with zero attached hydrogens (tertiary/aromatic N) is 3. The number of aromatic nitrogens is 1. The lowest BCUT2D eigenvalue weighted by atomic mass is 10.0. The number of ether oxygens (including phenoxy) is 1. The number of aliphatic hydroxyl groups is 1.